The van der Waals surface area contributed by atoms with E-state index in [9.17, 15) is 27.6 Å². The van der Waals surface area contributed by atoms with Gasteiger partial charge in [0, 0.05) is 6.54 Å². The number of sulfonamides is 1. The van der Waals surface area contributed by atoms with Crippen LogP contribution in [0, 0.1) is 0 Å². The molecule has 5 rings (SSSR count). The summed E-state index contributed by atoms with van der Waals surface area (Å²) >= 11 is 0. The highest BCUT2D eigenvalue weighted by molar-refractivity contribution is 7.92. The maximum Gasteiger partial charge on any atom is 0.333 e. The molecular weight excluding hydrogens is 572 g/mol. The van der Waals surface area contributed by atoms with Crippen molar-refractivity contribution in [3.63, 3.8) is 0 Å². The van der Waals surface area contributed by atoms with E-state index in [-0.39, 0.29) is 34.5 Å². The lowest BCUT2D eigenvalue weighted by Crippen LogP contribution is -2.37. The molecule has 0 saturated heterocycles. The Morgan fingerprint density at radius 1 is 1.00 bits per heavy atom. The summed E-state index contributed by atoms with van der Waals surface area (Å²) in [5.74, 6) is -1.13. The third-order valence-electron chi connectivity index (χ3n) is 6.94. The zero-order valence-corrected chi connectivity index (χ0v) is 24.9. The average molecular weight is 605 g/mol. The molecule has 1 amide bonds. The second-order valence-electron chi connectivity index (χ2n) is 11.3. The Labute approximate surface area is 248 Å². The standard InChI is InChI=1S/C31H32N4O7S/c1-31(2,3)42-27(37)19-32-26(36)17-21-10-6-14-24-28(21)29(38)35(30(39)33-24)22-12-7-13-23(18-22)43(40,41)34-16-8-11-20-9-4-5-15-25(20)34/h4-7,9-10,12-15,18H,8,11,16-17,19H2,1-3H3,(H,32,36)(H,33,39). The van der Waals surface area contributed by atoms with Gasteiger partial charge in [0.15, 0.2) is 0 Å². The fourth-order valence-electron chi connectivity index (χ4n) is 5.16. The highest BCUT2D eigenvalue weighted by Gasteiger charge is 2.29. The van der Waals surface area contributed by atoms with Crippen LogP contribution in [0.2, 0.25) is 0 Å². The number of nitrogens with one attached hydrogen (secondary N) is 2. The number of benzene rings is 3. The molecule has 12 heteroatoms. The number of hydrogen-bond acceptors (Lipinski definition) is 7. The van der Waals surface area contributed by atoms with E-state index >= 15 is 0 Å². The number of H-pyrrole nitrogens is 1. The van der Waals surface area contributed by atoms with E-state index in [1.807, 2.05) is 12.1 Å². The van der Waals surface area contributed by atoms with Gasteiger partial charge in [0.25, 0.3) is 15.6 Å². The van der Waals surface area contributed by atoms with Gasteiger partial charge in [0.1, 0.15) is 12.1 Å². The number of carbonyl (C=O) groups excluding carboxylic acids is 2. The number of carbonyl (C=O) groups is 2. The number of anilines is 1. The summed E-state index contributed by atoms with van der Waals surface area (Å²) < 4.78 is 34.9. The molecule has 1 aromatic heterocycles. The Morgan fingerprint density at radius 2 is 1.74 bits per heavy atom. The molecule has 0 fully saturated rings. The molecule has 0 unspecified atom stereocenters. The molecule has 4 aromatic rings. The molecule has 1 aliphatic rings. The zero-order chi connectivity index (χ0) is 30.9. The monoisotopic (exact) mass is 604 g/mol. The van der Waals surface area contributed by atoms with Gasteiger partial charge in [0.05, 0.1) is 33.6 Å². The Morgan fingerprint density at radius 3 is 2.51 bits per heavy atom. The van der Waals surface area contributed by atoms with Gasteiger partial charge in [-0.15, -0.1) is 0 Å². The predicted octanol–water partition coefficient (Wildman–Crippen LogP) is 2.82. The number of para-hydroxylation sites is 1. The molecule has 224 valence electrons. The lowest BCUT2D eigenvalue weighted by molar-refractivity contribution is -0.154. The van der Waals surface area contributed by atoms with Crippen LogP contribution in [0.3, 0.4) is 0 Å². The largest absolute Gasteiger partial charge is 0.459 e. The molecule has 0 spiro atoms. The van der Waals surface area contributed by atoms with Crippen molar-refractivity contribution >= 4 is 38.5 Å². The number of ether oxygens (including phenoxy) is 1. The first-order chi connectivity index (χ1) is 20.3. The summed E-state index contributed by atoms with van der Waals surface area (Å²) in [6.45, 7) is 5.11. The molecular formula is C31H32N4O7S. The van der Waals surface area contributed by atoms with Crippen molar-refractivity contribution in [2.45, 2.75) is 50.5 Å². The molecule has 0 atom stereocenters. The molecule has 1 aliphatic heterocycles. The molecule has 0 radical (unpaired) electrons. The molecule has 2 heterocycles. The van der Waals surface area contributed by atoms with Crippen molar-refractivity contribution in [1.29, 1.82) is 0 Å². The van der Waals surface area contributed by atoms with Gasteiger partial charge < -0.3 is 15.0 Å². The average Bonchev–Trinajstić information content (AvgIpc) is 2.95. The fraction of sp³-hybridized carbons (Fsp3) is 0.290. The van der Waals surface area contributed by atoms with E-state index in [2.05, 4.69) is 10.3 Å². The van der Waals surface area contributed by atoms with E-state index in [4.69, 9.17) is 4.74 Å². The number of hydrogen-bond donors (Lipinski definition) is 2. The summed E-state index contributed by atoms with van der Waals surface area (Å²) in [7, 11) is -4.01. The lowest BCUT2D eigenvalue weighted by Gasteiger charge is -2.30. The number of aryl methyl sites for hydroxylation is 1. The van der Waals surface area contributed by atoms with E-state index < -0.39 is 38.7 Å². The van der Waals surface area contributed by atoms with Crippen LogP contribution in [0.25, 0.3) is 16.6 Å². The first kappa shape index (κ1) is 29.8. The summed E-state index contributed by atoms with van der Waals surface area (Å²) in [5.41, 5.74) is -0.0469. The first-order valence-corrected chi connectivity index (χ1v) is 15.3. The SMILES string of the molecule is CC(C)(C)OC(=O)CNC(=O)Cc1cccc2[nH]c(=O)n(-c3cccc(S(=O)(=O)N4CCCc5ccccc54)c3)c(=O)c12. The van der Waals surface area contributed by atoms with Crippen molar-refractivity contribution in [3.8, 4) is 5.69 Å². The van der Waals surface area contributed by atoms with Crippen LogP contribution < -0.4 is 20.9 Å². The van der Waals surface area contributed by atoms with Gasteiger partial charge in [-0.3, -0.25) is 18.7 Å². The van der Waals surface area contributed by atoms with Crippen LogP contribution in [-0.4, -0.2) is 48.5 Å². The van der Waals surface area contributed by atoms with Crippen molar-refractivity contribution in [2.24, 2.45) is 0 Å². The van der Waals surface area contributed by atoms with Crippen molar-refractivity contribution < 1.29 is 22.7 Å². The number of esters is 1. The van der Waals surface area contributed by atoms with Crippen LogP contribution >= 0.6 is 0 Å². The van der Waals surface area contributed by atoms with Gasteiger partial charge in [0.2, 0.25) is 5.91 Å². The molecule has 2 N–H and O–H groups in total. The van der Waals surface area contributed by atoms with Crippen molar-refractivity contribution in [1.82, 2.24) is 14.9 Å². The minimum Gasteiger partial charge on any atom is -0.459 e. The Kier molecular flexibility index (Phi) is 7.98. The van der Waals surface area contributed by atoms with E-state index in [1.54, 1.807) is 51.1 Å². The maximum absolute atomic E-state index is 13.8. The third kappa shape index (κ3) is 6.24. The van der Waals surface area contributed by atoms with Crippen LogP contribution in [0.5, 0.6) is 0 Å². The number of fused-ring (bicyclic) bond motifs is 2. The van der Waals surface area contributed by atoms with E-state index in [0.29, 0.717) is 24.2 Å². The number of rotatable bonds is 7. The third-order valence-corrected chi connectivity index (χ3v) is 8.75. The Balaban J connectivity index is 1.49. The Hall–Kier alpha value is -4.71. The molecule has 0 saturated carbocycles. The van der Waals surface area contributed by atoms with E-state index in [1.165, 1.54) is 28.6 Å². The molecule has 11 nitrogen and oxygen atoms in total. The first-order valence-electron chi connectivity index (χ1n) is 13.8. The van der Waals surface area contributed by atoms with Gasteiger partial charge in [-0.2, -0.15) is 0 Å². The predicted molar refractivity (Wildman–Crippen MR) is 162 cm³/mol. The smallest absolute Gasteiger partial charge is 0.333 e. The van der Waals surface area contributed by atoms with Crippen LogP contribution in [0.4, 0.5) is 5.69 Å². The molecule has 3 aromatic carbocycles. The normalized spacial score (nSPS) is 13.4. The minimum atomic E-state index is -4.01. The molecule has 0 bridgehead atoms. The number of amides is 1. The highest BCUT2D eigenvalue weighted by atomic mass is 32.2. The van der Waals surface area contributed by atoms with Crippen molar-refractivity contribution in [3.05, 3.63) is 98.7 Å². The minimum absolute atomic E-state index is 0.0590. The number of aromatic amines is 1. The number of nitrogens with zero attached hydrogens (tertiary/aromatic N) is 2. The molecule has 43 heavy (non-hydrogen) atoms. The number of aromatic nitrogens is 2. The second kappa shape index (κ2) is 11.5. The van der Waals surface area contributed by atoms with Crippen LogP contribution in [-0.2, 0) is 37.2 Å². The zero-order valence-electron chi connectivity index (χ0n) is 24.0. The summed E-state index contributed by atoms with van der Waals surface area (Å²) in [6.07, 6.45) is 1.18. The van der Waals surface area contributed by atoms with Crippen LogP contribution in [0.1, 0.15) is 38.3 Å². The summed E-state index contributed by atoms with van der Waals surface area (Å²) in [6, 6.07) is 17.7. The fourth-order valence-corrected chi connectivity index (χ4v) is 6.74. The topological polar surface area (TPSA) is 148 Å². The highest BCUT2D eigenvalue weighted by Crippen LogP contribution is 2.32. The summed E-state index contributed by atoms with van der Waals surface area (Å²) in [4.78, 5) is 54.2. The lowest BCUT2D eigenvalue weighted by atomic mass is 10.0. The van der Waals surface area contributed by atoms with Crippen molar-refractivity contribution in [2.75, 3.05) is 17.4 Å². The van der Waals surface area contributed by atoms with Gasteiger partial charge in [-0.05, 0) is 75.1 Å². The van der Waals surface area contributed by atoms with Crippen LogP contribution in [0.15, 0.2) is 81.2 Å². The quantitative estimate of drug-likeness (QED) is 0.308. The van der Waals surface area contributed by atoms with E-state index in [0.717, 1.165) is 16.6 Å². The Bertz CT molecular complexity index is 1960. The second-order valence-corrected chi connectivity index (χ2v) is 13.1. The maximum atomic E-state index is 13.8. The molecule has 0 aliphatic carbocycles. The summed E-state index contributed by atoms with van der Waals surface area (Å²) in [5, 5.41) is 2.58. The van der Waals surface area contributed by atoms with Gasteiger partial charge in [-0.25, -0.2) is 17.8 Å². The van der Waals surface area contributed by atoms with Gasteiger partial charge in [-0.1, -0.05) is 36.4 Å². The van der Waals surface area contributed by atoms with Gasteiger partial charge >= 0.3 is 11.7 Å².